The van der Waals surface area contributed by atoms with E-state index in [4.69, 9.17) is 0 Å². The van der Waals surface area contributed by atoms with E-state index in [2.05, 4.69) is 15.0 Å². The number of likely N-dealkylation sites (tertiary alicyclic amines) is 1. The highest BCUT2D eigenvalue weighted by atomic mass is 32.2. The summed E-state index contributed by atoms with van der Waals surface area (Å²) in [5, 5.41) is 3.42. The normalized spacial score (nSPS) is 25.2. The predicted molar refractivity (Wildman–Crippen MR) is 79.5 cm³/mol. The second kappa shape index (κ2) is 5.98. The highest BCUT2D eigenvalue weighted by molar-refractivity contribution is 7.89. The number of fused-ring (bicyclic) bond motifs is 2. The van der Waals surface area contributed by atoms with Gasteiger partial charge in [-0.2, -0.15) is 0 Å². The van der Waals surface area contributed by atoms with E-state index >= 15 is 0 Å². The van der Waals surface area contributed by atoms with Crippen LogP contribution in [0.4, 0.5) is 0 Å². The number of imidazole rings is 1. The smallest absolute Gasteiger partial charge is 0.260 e. The quantitative estimate of drug-likeness (QED) is 0.743. The Labute approximate surface area is 129 Å². The second-order valence-electron chi connectivity index (χ2n) is 5.97. The fraction of sp³-hybridized carbons (Fsp3) is 0.692. The van der Waals surface area contributed by atoms with Crippen molar-refractivity contribution >= 4 is 15.9 Å². The third-order valence-electron chi connectivity index (χ3n) is 4.25. The maximum absolute atomic E-state index is 12.3. The summed E-state index contributed by atoms with van der Waals surface area (Å²) in [6.45, 7) is 1.11. The SMILES string of the molecule is Cn1cnc(S(=O)(=O)NCC(=O)N2CCC3CCC(C2)N3)c1. The standard InChI is InChI=1S/C13H21N5O3S/c1-17-8-12(14-9-17)22(20,21)15-6-13(19)18-5-4-10-2-3-11(7-18)16-10/h8-11,15-16H,2-7H2,1H3. The number of nitrogens with one attached hydrogen (secondary N) is 2. The van der Waals surface area contributed by atoms with Crippen LogP contribution in [0.1, 0.15) is 19.3 Å². The molecule has 2 fully saturated rings. The number of amides is 1. The molecule has 2 aliphatic rings. The van der Waals surface area contributed by atoms with Gasteiger partial charge < -0.3 is 14.8 Å². The molecule has 0 spiro atoms. The lowest BCUT2D eigenvalue weighted by Crippen LogP contribution is -2.44. The molecular weight excluding hydrogens is 306 g/mol. The molecule has 2 N–H and O–H groups in total. The number of rotatable bonds is 4. The van der Waals surface area contributed by atoms with E-state index in [1.807, 2.05) is 0 Å². The molecule has 1 aromatic heterocycles. The van der Waals surface area contributed by atoms with Gasteiger partial charge in [-0.3, -0.25) is 4.79 Å². The maximum atomic E-state index is 12.3. The third kappa shape index (κ3) is 3.31. The van der Waals surface area contributed by atoms with E-state index in [1.54, 1.807) is 16.5 Å². The minimum atomic E-state index is -3.74. The van der Waals surface area contributed by atoms with Gasteiger partial charge in [0.05, 0.1) is 12.9 Å². The van der Waals surface area contributed by atoms with Gasteiger partial charge in [-0.1, -0.05) is 0 Å². The third-order valence-corrected chi connectivity index (χ3v) is 5.53. The first kappa shape index (κ1) is 15.4. The second-order valence-corrected chi connectivity index (χ2v) is 7.68. The van der Waals surface area contributed by atoms with Gasteiger partial charge in [0.15, 0.2) is 5.03 Å². The Kier molecular flexibility index (Phi) is 4.20. The van der Waals surface area contributed by atoms with Gasteiger partial charge in [-0.15, -0.1) is 0 Å². The summed E-state index contributed by atoms with van der Waals surface area (Å²) >= 11 is 0. The van der Waals surface area contributed by atoms with E-state index < -0.39 is 10.0 Å². The number of hydrogen-bond donors (Lipinski definition) is 2. The Morgan fingerprint density at radius 2 is 2.18 bits per heavy atom. The monoisotopic (exact) mass is 327 g/mol. The highest BCUT2D eigenvalue weighted by Gasteiger charge is 2.31. The summed E-state index contributed by atoms with van der Waals surface area (Å²) in [5.74, 6) is -0.186. The zero-order valence-corrected chi connectivity index (χ0v) is 13.3. The maximum Gasteiger partial charge on any atom is 0.260 e. The zero-order valence-electron chi connectivity index (χ0n) is 12.5. The van der Waals surface area contributed by atoms with E-state index in [9.17, 15) is 13.2 Å². The Hall–Kier alpha value is -1.45. The van der Waals surface area contributed by atoms with E-state index in [1.165, 1.54) is 18.9 Å². The summed E-state index contributed by atoms with van der Waals surface area (Å²) < 4.78 is 28.0. The molecule has 22 heavy (non-hydrogen) atoms. The van der Waals surface area contributed by atoms with Crippen LogP contribution in [0, 0.1) is 0 Å². The van der Waals surface area contributed by atoms with Crippen LogP contribution >= 0.6 is 0 Å². The number of hydrogen-bond acceptors (Lipinski definition) is 5. The Bertz CT molecular complexity index is 656. The number of aryl methyl sites for hydroxylation is 1. The minimum Gasteiger partial charge on any atom is -0.340 e. The molecule has 3 heterocycles. The van der Waals surface area contributed by atoms with Crippen LogP contribution in [0.2, 0.25) is 0 Å². The number of carbonyl (C=O) groups is 1. The molecule has 2 unspecified atom stereocenters. The largest absolute Gasteiger partial charge is 0.340 e. The molecule has 2 saturated heterocycles. The molecule has 2 atom stereocenters. The topological polar surface area (TPSA) is 96.3 Å². The summed E-state index contributed by atoms with van der Waals surface area (Å²) in [5.41, 5.74) is 0. The van der Waals surface area contributed by atoms with Crippen LogP contribution in [0.15, 0.2) is 17.6 Å². The van der Waals surface area contributed by atoms with Crippen molar-refractivity contribution in [2.75, 3.05) is 19.6 Å². The van der Waals surface area contributed by atoms with Crippen LogP contribution in [0.3, 0.4) is 0 Å². The average Bonchev–Trinajstić information content (AvgIpc) is 3.03. The van der Waals surface area contributed by atoms with Gasteiger partial charge in [0.25, 0.3) is 10.0 Å². The van der Waals surface area contributed by atoms with Gasteiger partial charge >= 0.3 is 0 Å². The fourth-order valence-electron chi connectivity index (χ4n) is 3.04. The minimum absolute atomic E-state index is 0.0700. The van der Waals surface area contributed by atoms with Crippen LogP contribution in [-0.4, -0.2) is 60.5 Å². The van der Waals surface area contributed by atoms with Gasteiger partial charge in [-0.05, 0) is 19.3 Å². The predicted octanol–water partition coefficient (Wildman–Crippen LogP) is -0.949. The van der Waals surface area contributed by atoms with E-state index in [-0.39, 0.29) is 17.5 Å². The van der Waals surface area contributed by atoms with E-state index in [0.29, 0.717) is 25.2 Å². The molecule has 0 aliphatic carbocycles. The molecule has 0 saturated carbocycles. The van der Waals surface area contributed by atoms with Gasteiger partial charge in [0, 0.05) is 38.4 Å². The molecule has 2 bridgehead atoms. The van der Waals surface area contributed by atoms with Gasteiger partial charge in [-0.25, -0.2) is 18.1 Å². The molecule has 9 heteroatoms. The van der Waals surface area contributed by atoms with E-state index in [0.717, 1.165) is 12.8 Å². The van der Waals surface area contributed by atoms with Crippen LogP contribution < -0.4 is 10.0 Å². The summed E-state index contributed by atoms with van der Waals surface area (Å²) in [6, 6.07) is 0.830. The molecule has 0 radical (unpaired) electrons. The summed E-state index contributed by atoms with van der Waals surface area (Å²) in [4.78, 5) is 17.8. The Morgan fingerprint density at radius 1 is 1.41 bits per heavy atom. The molecule has 3 rings (SSSR count). The Balaban J connectivity index is 1.58. The van der Waals surface area contributed by atoms with Crippen molar-refractivity contribution in [2.45, 2.75) is 36.4 Å². The van der Waals surface area contributed by atoms with Crippen molar-refractivity contribution < 1.29 is 13.2 Å². The van der Waals surface area contributed by atoms with Crippen molar-refractivity contribution in [3.63, 3.8) is 0 Å². The lowest BCUT2D eigenvalue weighted by Gasteiger charge is -2.24. The number of aromatic nitrogens is 2. The van der Waals surface area contributed by atoms with Gasteiger partial charge in [0.2, 0.25) is 5.91 Å². The molecule has 1 amide bonds. The highest BCUT2D eigenvalue weighted by Crippen LogP contribution is 2.20. The molecule has 1 aromatic rings. The van der Waals surface area contributed by atoms with Crippen molar-refractivity contribution in [3.05, 3.63) is 12.5 Å². The lowest BCUT2D eigenvalue weighted by atomic mass is 10.1. The van der Waals surface area contributed by atoms with Crippen molar-refractivity contribution in [3.8, 4) is 0 Å². The number of carbonyl (C=O) groups excluding carboxylic acids is 1. The first-order valence-electron chi connectivity index (χ1n) is 7.45. The Morgan fingerprint density at radius 3 is 2.91 bits per heavy atom. The summed E-state index contributed by atoms with van der Waals surface area (Å²) in [7, 11) is -2.05. The first-order valence-corrected chi connectivity index (χ1v) is 8.94. The van der Waals surface area contributed by atoms with Crippen molar-refractivity contribution in [1.29, 1.82) is 0 Å². The van der Waals surface area contributed by atoms with Gasteiger partial charge in [0.1, 0.15) is 0 Å². The van der Waals surface area contributed by atoms with Crippen LogP contribution in [-0.2, 0) is 21.9 Å². The zero-order chi connectivity index (χ0) is 15.7. The molecular formula is C13H21N5O3S. The van der Waals surface area contributed by atoms with Crippen LogP contribution in [0.25, 0.3) is 0 Å². The van der Waals surface area contributed by atoms with Crippen LogP contribution in [0.5, 0.6) is 0 Å². The molecule has 122 valence electrons. The molecule has 2 aliphatic heterocycles. The first-order chi connectivity index (χ1) is 10.4. The fourth-order valence-corrected chi connectivity index (χ4v) is 3.99. The molecule has 0 aromatic carbocycles. The molecule has 8 nitrogen and oxygen atoms in total. The lowest BCUT2D eigenvalue weighted by molar-refractivity contribution is -0.130. The van der Waals surface area contributed by atoms with Crippen molar-refractivity contribution in [1.82, 2.24) is 24.5 Å². The van der Waals surface area contributed by atoms with Crippen molar-refractivity contribution in [2.24, 2.45) is 7.05 Å². The summed E-state index contributed by atoms with van der Waals surface area (Å²) in [6.07, 6.45) is 5.98. The number of sulfonamides is 1. The number of nitrogens with zero attached hydrogens (tertiary/aromatic N) is 3. The average molecular weight is 327 g/mol.